The molecule has 0 bridgehead atoms. The van der Waals surface area contributed by atoms with Crippen molar-refractivity contribution < 1.29 is 8.42 Å². The number of halogens is 1. The van der Waals surface area contributed by atoms with E-state index in [-0.39, 0.29) is 34.6 Å². The predicted molar refractivity (Wildman–Crippen MR) is 123 cm³/mol. The van der Waals surface area contributed by atoms with Crippen molar-refractivity contribution in [1.82, 2.24) is 10.6 Å². The third-order valence-corrected chi connectivity index (χ3v) is 9.06. The van der Waals surface area contributed by atoms with Crippen LogP contribution in [0.2, 0.25) is 0 Å². The highest BCUT2D eigenvalue weighted by molar-refractivity contribution is 14.0. The molecule has 152 valence electrons. The van der Waals surface area contributed by atoms with Gasteiger partial charge < -0.3 is 10.6 Å². The molecule has 1 aliphatic carbocycles. The molecule has 3 rings (SSSR count). The number of aliphatic imine (C=N–C) groups is 1. The number of rotatable bonds is 5. The Kier molecular flexibility index (Phi) is 8.85. The summed E-state index contributed by atoms with van der Waals surface area (Å²) in [5, 5.41) is 7.08. The monoisotopic (exact) mass is 515 g/mol. The largest absolute Gasteiger partial charge is 0.356 e. The molecule has 8 heteroatoms. The first kappa shape index (κ1) is 22.6. The molecule has 0 aromatic rings. The maximum absolute atomic E-state index is 11.7. The van der Waals surface area contributed by atoms with E-state index in [1.807, 2.05) is 11.8 Å². The Balaban J connectivity index is 0.00000243. The number of hydrogen-bond donors (Lipinski definition) is 2. The topological polar surface area (TPSA) is 70.6 Å². The predicted octanol–water partition coefficient (Wildman–Crippen LogP) is 3.19. The SMILES string of the molecule is CC1(CN=C(NCC2CCS(=O)(=O)C2)NC2CCCCC2)CCCS1.I. The van der Waals surface area contributed by atoms with Gasteiger partial charge in [-0.1, -0.05) is 19.3 Å². The molecular weight excluding hydrogens is 481 g/mol. The lowest BCUT2D eigenvalue weighted by molar-refractivity contribution is 0.408. The zero-order valence-electron chi connectivity index (χ0n) is 15.8. The minimum atomic E-state index is -2.81. The van der Waals surface area contributed by atoms with E-state index < -0.39 is 9.84 Å². The van der Waals surface area contributed by atoms with E-state index in [1.54, 1.807) is 0 Å². The van der Waals surface area contributed by atoms with E-state index in [0.717, 1.165) is 18.9 Å². The first-order valence-electron chi connectivity index (χ1n) is 9.83. The molecule has 3 fully saturated rings. The second-order valence-corrected chi connectivity index (χ2v) is 12.1. The number of sulfone groups is 1. The fraction of sp³-hybridized carbons (Fsp3) is 0.944. The van der Waals surface area contributed by atoms with Crippen molar-refractivity contribution in [2.75, 3.05) is 30.3 Å². The summed E-state index contributed by atoms with van der Waals surface area (Å²) in [5.74, 6) is 3.02. The molecule has 2 saturated heterocycles. The van der Waals surface area contributed by atoms with Crippen LogP contribution in [0, 0.1) is 5.92 Å². The van der Waals surface area contributed by atoms with Crippen LogP contribution >= 0.6 is 35.7 Å². The zero-order chi connectivity index (χ0) is 17.8. The van der Waals surface area contributed by atoms with Gasteiger partial charge in [0.2, 0.25) is 0 Å². The van der Waals surface area contributed by atoms with E-state index >= 15 is 0 Å². The molecule has 2 aliphatic heterocycles. The Morgan fingerprint density at radius 1 is 1.19 bits per heavy atom. The lowest BCUT2D eigenvalue weighted by Gasteiger charge is -2.27. The molecule has 0 aromatic carbocycles. The number of nitrogens with one attached hydrogen (secondary N) is 2. The summed E-state index contributed by atoms with van der Waals surface area (Å²) in [6, 6.07) is 0.511. The Bertz CT molecular complexity index is 571. The van der Waals surface area contributed by atoms with Crippen molar-refractivity contribution in [3.05, 3.63) is 0 Å². The maximum atomic E-state index is 11.7. The third-order valence-electron chi connectivity index (χ3n) is 5.70. The van der Waals surface area contributed by atoms with Gasteiger partial charge in [0.05, 0.1) is 18.1 Å². The van der Waals surface area contributed by atoms with E-state index in [0.29, 0.717) is 24.1 Å². The molecule has 0 radical (unpaired) electrons. The fourth-order valence-electron chi connectivity index (χ4n) is 4.07. The molecule has 26 heavy (non-hydrogen) atoms. The first-order chi connectivity index (χ1) is 11.9. The molecule has 2 heterocycles. The molecule has 2 unspecified atom stereocenters. The van der Waals surface area contributed by atoms with E-state index in [9.17, 15) is 8.42 Å². The Hall–Kier alpha value is 0.300. The normalized spacial score (nSPS) is 32.2. The summed E-state index contributed by atoms with van der Waals surface area (Å²) >= 11 is 2.03. The van der Waals surface area contributed by atoms with Gasteiger partial charge in [0.1, 0.15) is 0 Å². The van der Waals surface area contributed by atoms with Crippen LogP contribution in [0.3, 0.4) is 0 Å². The van der Waals surface area contributed by atoms with Crippen molar-refractivity contribution in [3.8, 4) is 0 Å². The van der Waals surface area contributed by atoms with Gasteiger partial charge in [-0.15, -0.1) is 24.0 Å². The Morgan fingerprint density at radius 3 is 2.58 bits per heavy atom. The van der Waals surface area contributed by atoms with Gasteiger partial charge in [-0.2, -0.15) is 11.8 Å². The van der Waals surface area contributed by atoms with Crippen molar-refractivity contribution in [1.29, 1.82) is 0 Å². The van der Waals surface area contributed by atoms with Crippen LogP contribution in [-0.4, -0.2) is 55.5 Å². The Morgan fingerprint density at radius 2 is 1.96 bits per heavy atom. The first-order valence-corrected chi connectivity index (χ1v) is 12.6. The number of hydrogen-bond acceptors (Lipinski definition) is 4. The van der Waals surface area contributed by atoms with Crippen molar-refractivity contribution in [3.63, 3.8) is 0 Å². The summed E-state index contributed by atoms with van der Waals surface area (Å²) in [6.07, 6.45) is 9.65. The van der Waals surface area contributed by atoms with Crippen LogP contribution in [-0.2, 0) is 9.84 Å². The highest BCUT2D eigenvalue weighted by Gasteiger charge is 2.30. The van der Waals surface area contributed by atoms with Crippen LogP contribution in [0.15, 0.2) is 4.99 Å². The summed E-state index contributed by atoms with van der Waals surface area (Å²) < 4.78 is 23.6. The minimum Gasteiger partial charge on any atom is -0.356 e. The standard InChI is InChI=1S/C18H33N3O2S2.HI/c1-18(9-5-10-24-18)14-20-17(21-16-6-3-2-4-7-16)19-12-15-8-11-25(22,23)13-15;/h15-16H,2-14H2,1H3,(H2,19,20,21);1H. The van der Waals surface area contributed by atoms with Crippen LogP contribution in [0.25, 0.3) is 0 Å². The lowest BCUT2D eigenvalue weighted by Crippen LogP contribution is -2.46. The fourth-order valence-corrected chi connectivity index (χ4v) is 7.16. The van der Waals surface area contributed by atoms with Crippen molar-refractivity contribution in [2.45, 2.75) is 69.1 Å². The Labute approximate surface area is 180 Å². The van der Waals surface area contributed by atoms with E-state index in [4.69, 9.17) is 4.99 Å². The quantitative estimate of drug-likeness (QED) is 0.335. The summed E-state index contributed by atoms with van der Waals surface area (Å²) in [5.41, 5.74) is 0. The molecule has 3 aliphatic rings. The molecule has 0 spiro atoms. The number of guanidine groups is 1. The third kappa shape index (κ3) is 7.04. The molecule has 0 amide bonds. The van der Waals surface area contributed by atoms with Gasteiger partial charge in [0.15, 0.2) is 15.8 Å². The van der Waals surface area contributed by atoms with Crippen molar-refractivity contribution in [2.24, 2.45) is 10.9 Å². The molecular formula is C18H34IN3O2S2. The van der Waals surface area contributed by atoms with Crippen LogP contribution in [0.5, 0.6) is 0 Å². The molecule has 1 saturated carbocycles. The summed E-state index contributed by atoms with van der Waals surface area (Å²) in [4.78, 5) is 4.89. The second kappa shape index (κ2) is 10.2. The zero-order valence-corrected chi connectivity index (χ0v) is 19.8. The van der Waals surface area contributed by atoms with Crippen molar-refractivity contribution >= 4 is 51.5 Å². The highest BCUT2D eigenvalue weighted by Crippen LogP contribution is 2.37. The van der Waals surface area contributed by atoms with Gasteiger partial charge in [0.25, 0.3) is 0 Å². The highest BCUT2D eigenvalue weighted by atomic mass is 127. The van der Waals surface area contributed by atoms with Crippen LogP contribution < -0.4 is 10.6 Å². The lowest BCUT2D eigenvalue weighted by atomic mass is 9.96. The smallest absolute Gasteiger partial charge is 0.191 e. The number of thioether (sulfide) groups is 1. The van der Waals surface area contributed by atoms with Gasteiger partial charge in [-0.3, -0.25) is 4.99 Å². The summed E-state index contributed by atoms with van der Waals surface area (Å²) in [6.45, 7) is 3.86. The maximum Gasteiger partial charge on any atom is 0.191 e. The van der Waals surface area contributed by atoms with E-state index in [2.05, 4.69) is 17.6 Å². The second-order valence-electron chi connectivity index (χ2n) is 8.20. The molecule has 2 atom stereocenters. The van der Waals surface area contributed by atoms with Gasteiger partial charge >= 0.3 is 0 Å². The van der Waals surface area contributed by atoms with Crippen LogP contribution in [0.4, 0.5) is 0 Å². The molecule has 5 nitrogen and oxygen atoms in total. The van der Waals surface area contributed by atoms with E-state index in [1.165, 1.54) is 50.7 Å². The molecule has 2 N–H and O–H groups in total. The number of nitrogens with zero attached hydrogens (tertiary/aromatic N) is 1. The minimum absolute atomic E-state index is 0. The average Bonchev–Trinajstić information content (AvgIpc) is 3.17. The molecule has 0 aromatic heterocycles. The van der Waals surface area contributed by atoms with Gasteiger partial charge in [0, 0.05) is 17.3 Å². The van der Waals surface area contributed by atoms with Crippen LogP contribution in [0.1, 0.15) is 58.3 Å². The summed E-state index contributed by atoms with van der Waals surface area (Å²) in [7, 11) is -2.81. The van der Waals surface area contributed by atoms with Gasteiger partial charge in [-0.25, -0.2) is 8.42 Å². The average molecular weight is 516 g/mol. The van der Waals surface area contributed by atoms with Gasteiger partial charge in [-0.05, 0) is 50.7 Å².